The first-order valence-corrected chi connectivity index (χ1v) is 14.2. The number of hydrogen-bond acceptors (Lipinski definition) is 5. The Balaban J connectivity index is 1.34. The predicted molar refractivity (Wildman–Crippen MR) is 147 cm³/mol. The minimum absolute atomic E-state index is 0.0319. The number of amides is 1. The number of hydrogen-bond donors (Lipinski definition) is 0. The van der Waals surface area contributed by atoms with E-state index in [1.165, 1.54) is 11.0 Å². The van der Waals surface area contributed by atoms with Gasteiger partial charge < -0.3 is 9.47 Å². The highest BCUT2D eigenvalue weighted by Crippen LogP contribution is 2.53. The van der Waals surface area contributed by atoms with Crippen molar-refractivity contribution in [1.82, 2.24) is 19.7 Å². The Hall–Kier alpha value is -3.71. The minimum Gasteiger partial charge on any atom is -0.320 e. The van der Waals surface area contributed by atoms with E-state index < -0.39 is 23.1 Å². The summed E-state index contributed by atoms with van der Waals surface area (Å²) < 4.78 is 44.8. The average molecular weight is 563 g/mol. The molecule has 214 valence electrons. The molecule has 1 amide bonds. The Morgan fingerprint density at radius 2 is 2.00 bits per heavy atom. The highest BCUT2D eigenvalue weighted by Gasteiger charge is 2.50. The molecule has 2 aliphatic heterocycles. The molecule has 2 aromatic carbocycles. The molecule has 1 aromatic heterocycles. The largest absolute Gasteiger partial charge is 0.416 e. The van der Waals surface area contributed by atoms with Crippen LogP contribution in [0.3, 0.4) is 0 Å². The van der Waals surface area contributed by atoms with Crippen molar-refractivity contribution in [2.75, 3.05) is 18.0 Å². The van der Waals surface area contributed by atoms with Crippen LogP contribution in [0, 0.1) is 23.2 Å². The minimum atomic E-state index is -4.57. The standard InChI is InChI=1S/C31H33F3N6O/c1-20-5-4-10-39(16-20)17-22-11-25-26(27(12-22)31(32,33)34)18-40(28(25)41)24-7-3-6-23(13-24)30(14-21(15-30)8-9-35)29-37-36-19-38(29)2/h3,6-7,11-13,19-21H,4-5,8,10,14-18H2,1-2H3/t20-,21-,30-/m0/s1. The molecule has 10 heteroatoms. The van der Waals surface area contributed by atoms with E-state index in [9.17, 15) is 23.2 Å². The van der Waals surface area contributed by atoms with Crippen molar-refractivity contribution in [3.63, 3.8) is 0 Å². The zero-order chi connectivity index (χ0) is 28.9. The number of alkyl halides is 3. The quantitative estimate of drug-likeness (QED) is 0.378. The monoisotopic (exact) mass is 562 g/mol. The van der Waals surface area contributed by atoms with E-state index >= 15 is 0 Å². The number of rotatable bonds is 6. The molecule has 0 radical (unpaired) electrons. The summed E-state index contributed by atoms with van der Waals surface area (Å²) in [5.74, 6) is 1.07. The molecular weight excluding hydrogens is 529 g/mol. The number of nitriles is 1. The van der Waals surface area contributed by atoms with E-state index in [4.69, 9.17) is 0 Å². The van der Waals surface area contributed by atoms with Gasteiger partial charge >= 0.3 is 6.18 Å². The van der Waals surface area contributed by atoms with Crippen molar-refractivity contribution >= 4 is 11.6 Å². The first-order valence-electron chi connectivity index (χ1n) is 14.2. The Morgan fingerprint density at radius 1 is 1.20 bits per heavy atom. The molecule has 0 bridgehead atoms. The molecule has 0 unspecified atom stereocenters. The van der Waals surface area contributed by atoms with Gasteiger partial charge in [0.1, 0.15) is 12.2 Å². The average Bonchev–Trinajstić information content (AvgIpc) is 3.48. The number of halogens is 3. The molecule has 7 nitrogen and oxygen atoms in total. The number of benzene rings is 2. The van der Waals surface area contributed by atoms with Gasteiger partial charge in [-0.3, -0.25) is 9.69 Å². The van der Waals surface area contributed by atoms with Gasteiger partial charge in [-0.05, 0) is 85.0 Å². The van der Waals surface area contributed by atoms with Crippen LogP contribution in [0.1, 0.15) is 77.5 Å². The lowest BCUT2D eigenvalue weighted by molar-refractivity contribution is -0.138. The molecule has 1 atom stereocenters. The molecule has 3 heterocycles. The number of anilines is 1. The van der Waals surface area contributed by atoms with Crippen LogP contribution in [-0.2, 0) is 31.7 Å². The Morgan fingerprint density at radius 3 is 2.68 bits per heavy atom. The summed E-state index contributed by atoms with van der Waals surface area (Å²) in [7, 11) is 1.87. The topological polar surface area (TPSA) is 78.1 Å². The number of carbonyl (C=O) groups is 1. The van der Waals surface area contributed by atoms with Crippen LogP contribution >= 0.6 is 0 Å². The lowest BCUT2D eigenvalue weighted by Crippen LogP contribution is -2.44. The van der Waals surface area contributed by atoms with Crippen molar-refractivity contribution in [2.24, 2.45) is 18.9 Å². The van der Waals surface area contributed by atoms with Crippen molar-refractivity contribution in [1.29, 1.82) is 5.26 Å². The maximum atomic E-state index is 14.3. The second kappa shape index (κ2) is 10.3. The van der Waals surface area contributed by atoms with Crippen molar-refractivity contribution in [2.45, 2.75) is 63.7 Å². The summed E-state index contributed by atoms with van der Waals surface area (Å²) in [6.45, 7) is 4.11. The Kier molecular flexibility index (Phi) is 6.89. The lowest BCUT2D eigenvalue weighted by atomic mass is 9.57. The number of aryl methyl sites for hydroxylation is 1. The summed E-state index contributed by atoms with van der Waals surface area (Å²) in [5, 5.41) is 17.7. The van der Waals surface area contributed by atoms with Crippen LogP contribution in [0.4, 0.5) is 18.9 Å². The Labute approximate surface area is 237 Å². The van der Waals surface area contributed by atoms with Crippen LogP contribution in [0.15, 0.2) is 42.7 Å². The molecule has 3 aromatic rings. The zero-order valence-electron chi connectivity index (χ0n) is 23.3. The van der Waals surface area contributed by atoms with Crippen molar-refractivity contribution < 1.29 is 18.0 Å². The smallest absolute Gasteiger partial charge is 0.320 e. The fraction of sp³-hybridized carbons (Fsp3) is 0.484. The van der Waals surface area contributed by atoms with Crippen LogP contribution in [0.25, 0.3) is 0 Å². The predicted octanol–water partition coefficient (Wildman–Crippen LogP) is 5.84. The summed E-state index contributed by atoms with van der Waals surface area (Å²) in [5.41, 5.74) is 0.946. The van der Waals surface area contributed by atoms with Gasteiger partial charge in [-0.2, -0.15) is 18.4 Å². The van der Waals surface area contributed by atoms with E-state index in [1.807, 2.05) is 29.8 Å². The zero-order valence-corrected chi connectivity index (χ0v) is 23.3. The number of nitrogens with zero attached hydrogens (tertiary/aromatic N) is 6. The second-order valence-electron chi connectivity index (χ2n) is 12.1. The summed E-state index contributed by atoms with van der Waals surface area (Å²) in [6.07, 6.45) is 1.08. The summed E-state index contributed by atoms with van der Waals surface area (Å²) >= 11 is 0. The van der Waals surface area contributed by atoms with E-state index in [-0.39, 0.29) is 23.6 Å². The van der Waals surface area contributed by atoms with Gasteiger partial charge in [-0.15, -0.1) is 10.2 Å². The molecule has 41 heavy (non-hydrogen) atoms. The fourth-order valence-corrected chi connectivity index (χ4v) is 7.14. The third-order valence-electron chi connectivity index (χ3n) is 9.06. The van der Waals surface area contributed by atoms with Crippen molar-refractivity contribution in [3.05, 3.63) is 76.4 Å². The highest BCUT2D eigenvalue weighted by atomic mass is 19.4. The van der Waals surface area contributed by atoms with Gasteiger partial charge in [-0.1, -0.05) is 19.1 Å². The third-order valence-corrected chi connectivity index (χ3v) is 9.06. The summed E-state index contributed by atoms with van der Waals surface area (Å²) in [4.78, 5) is 17.4. The number of aromatic nitrogens is 3. The van der Waals surface area contributed by atoms with E-state index in [0.29, 0.717) is 43.0 Å². The second-order valence-corrected chi connectivity index (χ2v) is 12.1. The van der Waals surface area contributed by atoms with Crippen LogP contribution < -0.4 is 4.90 Å². The van der Waals surface area contributed by atoms with Crippen LogP contribution in [0.2, 0.25) is 0 Å². The first-order chi connectivity index (χ1) is 19.6. The third kappa shape index (κ3) is 4.90. The molecule has 3 aliphatic rings. The SMILES string of the molecule is C[C@H]1CCCN(Cc2cc3c(c(C(F)(F)F)c2)CN(c2cccc([C@]4(c5nncn5C)C[C@H](CC#N)C4)c2)C3=O)C1. The van der Waals surface area contributed by atoms with Gasteiger partial charge in [0.15, 0.2) is 0 Å². The van der Waals surface area contributed by atoms with Gasteiger partial charge in [0.05, 0.1) is 23.6 Å². The number of likely N-dealkylation sites (tertiary alicyclic amines) is 1. The molecule has 0 spiro atoms. The lowest BCUT2D eigenvalue weighted by Gasteiger charge is -2.46. The van der Waals surface area contributed by atoms with Crippen LogP contribution in [-0.4, -0.2) is 38.7 Å². The maximum Gasteiger partial charge on any atom is 0.416 e. The van der Waals surface area contributed by atoms with Gasteiger partial charge in [-0.25, -0.2) is 0 Å². The maximum absolute atomic E-state index is 14.3. The molecular formula is C31H33F3N6O. The molecule has 6 rings (SSSR count). The van der Waals surface area contributed by atoms with E-state index in [0.717, 1.165) is 37.3 Å². The molecule has 2 fully saturated rings. The normalized spacial score (nSPS) is 24.7. The number of fused-ring (bicyclic) bond motifs is 1. The number of piperidine rings is 1. The Bertz CT molecular complexity index is 1520. The first kappa shape index (κ1) is 27.5. The highest BCUT2D eigenvalue weighted by molar-refractivity contribution is 6.10. The van der Waals surface area contributed by atoms with Crippen molar-refractivity contribution in [3.8, 4) is 6.07 Å². The fourth-order valence-electron chi connectivity index (χ4n) is 7.14. The van der Waals surface area contributed by atoms with Gasteiger partial charge in [0.25, 0.3) is 5.91 Å². The van der Waals surface area contributed by atoms with E-state index in [2.05, 4.69) is 28.1 Å². The van der Waals surface area contributed by atoms with E-state index in [1.54, 1.807) is 18.5 Å². The molecule has 0 N–H and O–H groups in total. The molecule has 1 saturated heterocycles. The molecule has 1 saturated carbocycles. The summed E-state index contributed by atoms with van der Waals surface area (Å²) in [6, 6.07) is 12.6. The van der Waals surface area contributed by atoms with Crippen LogP contribution in [0.5, 0.6) is 0 Å². The molecule has 1 aliphatic carbocycles. The van der Waals surface area contributed by atoms with Gasteiger partial charge in [0, 0.05) is 37.8 Å². The number of carbonyl (C=O) groups excluding carboxylic acids is 1. The van der Waals surface area contributed by atoms with Gasteiger partial charge in [0.2, 0.25) is 0 Å².